The van der Waals surface area contributed by atoms with Crippen LogP contribution >= 0.6 is 0 Å². The Morgan fingerprint density at radius 1 is 1.03 bits per heavy atom. The van der Waals surface area contributed by atoms with E-state index in [1.807, 2.05) is 23.1 Å². The fourth-order valence-corrected chi connectivity index (χ4v) is 4.08. The number of aromatic nitrogens is 3. The number of furan rings is 1. The van der Waals surface area contributed by atoms with E-state index in [1.54, 1.807) is 30.5 Å². The number of rotatable bonds is 4. The van der Waals surface area contributed by atoms with Crippen LogP contribution in [0.4, 0.5) is 5.82 Å². The van der Waals surface area contributed by atoms with Crippen molar-refractivity contribution in [1.29, 1.82) is 0 Å². The number of sulfone groups is 1. The Balaban J connectivity index is 1.54. The van der Waals surface area contributed by atoms with Gasteiger partial charge in [0.05, 0.1) is 11.0 Å². The molecule has 0 aliphatic carbocycles. The van der Waals surface area contributed by atoms with Crippen LogP contribution < -0.4 is 4.90 Å². The lowest BCUT2D eigenvalue weighted by Gasteiger charge is -2.36. The Bertz CT molecular complexity index is 1340. The molecule has 0 unspecified atom stereocenters. The summed E-state index contributed by atoms with van der Waals surface area (Å²) >= 11 is 0. The molecule has 1 fully saturated rings. The van der Waals surface area contributed by atoms with Gasteiger partial charge in [-0.3, -0.25) is 0 Å². The van der Waals surface area contributed by atoms with Crippen LogP contribution in [0.25, 0.3) is 33.7 Å². The molecule has 1 N–H and O–H groups in total. The molecule has 30 heavy (non-hydrogen) atoms. The standard InChI is InChI=1S/C21H18N4O4S/c1-30(27,28)16-4-2-13(3-5-16)18-9-17-21(29-18)20(24-12-23-17)14-6-7-22-19(8-14)25-10-15(26)11-25/h2-9,12,15,26H,10-11H2,1H3. The maximum atomic E-state index is 11.7. The number of hydrogen-bond donors (Lipinski definition) is 1. The molecule has 1 aliphatic rings. The predicted molar refractivity (Wildman–Crippen MR) is 112 cm³/mol. The van der Waals surface area contributed by atoms with Crippen molar-refractivity contribution in [1.82, 2.24) is 15.0 Å². The van der Waals surface area contributed by atoms with Crippen LogP contribution in [0.5, 0.6) is 0 Å². The summed E-state index contributed by atoms with van der Waals surface area (Å²) in [6, 6.07) is 12.1. The first-order valence-electron chi connectivity index (χ1n) is 9.33. The minimum absolute atomic E-state index is 0.253. The van der Waals surface area contributed by atoms with Gasteiger partial charge in [0.2, 0.25) is 0 Å². The number of benzene rings is 1. The molecule has 9 heteroatoms. The molecule has 1 aromatic carbocycles. The summed E-state index contributed by atoms with van der Waals surface area (Å²) < 4.78 is 29.4. The van der Waals surface area contributed by atoms with Crippen molar-refractivity contribution < 1.29 is 17.9 Å². The smallest absolute Gasteiger partial charge is 0.179 e. The highest BCUT2D eigenvalue weighted by Crippen LogP contribution is 2.33. The van der Waals surface area contributed by atoms with Crippen molar-refractivity contribution in [2.24, 2.45) is 0 Å². The molecule has 8 nitrogen and oxygen atoms in total. The summed E-state index contributed by atoms with van der Waals surface area (Å²) in [4.78, 5) is 15.3. The highest BCUT2D eigenvalue weighted by atomic mass is 32.2. The van der Waals surface area contributed by atoms with Crippen LogP contribution in [0.2, 0.25) is 0 Å². The first-order chi connectivity index (χ1) is 14.4. The van der Waals surface area contributed by atoms with Crippen molar-refractivity contribution in [2.45, 2.75) is 11.0 Å². The van der Waals surface area contributed by atoms with E-state index >= 15 is 0 Å². The van der Waals surface area contributed by atoms with Gasteiger partial charge in [0.15, 0.2) is 15.4 Å². The van der Waals surface area contributed by atoms with Gasteiger partial charge in [0, 0.05) is 42.7 Å². The van der Waals surface area contributed by atoms with E-state index < -0.39 is 9.84 Å². The molecule has 0 bridgehead atoms. The number of aliphatic hydroxyl groups is 1. The van der Waals surface area contributed by atoms with Crippen LogP contribution in [-0.2, 0) is 9.84 Å². The maximum Gasteiger partial charge on any atom is 0.179 e. The Morgan fingerprint density at radius 2 is 1.80 bits per heavy atom. The van der Waals surface area contributed by atoms with Crippen molar-refractivity contribution in [3.05, 3.63) is 55.0 Å². The van der Waals surface area contributed by atoms with Crippen LogP contribution in [0, 0.1) is 0 Å². The highest BCUT2D eigenvalue weighted by molar-refractivity contribution is 7.90. The molecule has 4 aromatic rings. The Labute approximate surface area is 172 Å². The molecule has 5 rings (SSSR count). The number of fused-ring (bicyclic) bond motifs is 1. The normalized spacial score (nSPS) is 14.8. The summed E-state index contributed by atoms with van der Waals surface area (Å²) in [5, 5.41) is 9.54. The summed E-state index contributed by atoms with van der Waals surface area (Å²) in [6.45, 7) is 1.12. The van der Waals surface area contributed by atoms with Gasteiger partial charge in [-0.2, -0.15) is 0 Å². The van der Waals surface area contributed by atoms with Gasteiger partial charge in [-0.1, -0.05) is 0 Å². The zero-order chi connectivity index (χ0) is 20.9. The largest absolute Gasteiger partial charge is 0.452 e. The molecular formula is C21H18N4O4S. The van der Waals surface area contributed by atoms with E-state index in [2.05, 4.69) is 15.0 Å². The fraction of sp³-hybridized carbons (Fsp3) is 0.190. The summed E-state index contributed by atoms with van der Waals surface area (Å²) in [7, 11) is -3.26. The third-order valence-corrected chi connectivity index (χ3v) is 6.21. The van der Waals surface area contributed by atoms with Crippen LogP contribution in [-0.4, -0.2) is 53.9 Å². The Hall–Kier alpha value is -3.30. The van der Waals surface area contributed by atoms with E-state index in [9.17, 15) is 13.5 Å². The number of hydrogen-bond acceptors (Lipinski definition) is 8. The molecule has 0 amide bonds. The van der Waals surface area contributed by atoms with E-state index in [1.165, 1.54) is 12.6 Å². The van der Waals surface area contributed by atoms with Gasteiger partial charge < -0.3 is 14.4 Å². The van der Waals surface area contributed by atoms with E-state index in [0.29, 0.717) is 35.6 Å². The van der Waals surface area contributed by atoms with Gasteiger partial charge >= 0.3 is 0 Å². The van der Waals surface area contributed by atoms with Crippen molar-refractivity contribution in [3.63, 3.8) is 0 Å². The summed E-state index contributed by atoms with van der Waals surface area (Å²) in [5.74, 6) is 1.35. The van der Waals surface area contributed by atoms with Gasteiger partial charge in [-0.15, -0.1) is 0 Å². The molecule has 0 spiro atoms. The highest BCUT2D eigenvalue weighted by Gasteiger charge is 2.26. The SMILES string of the molecule is CS(=O)(=O)c1ccc(-c2cc3ncnc(-c4ccnc(N5CC(O)C5)c4)c3o2)cc1. The van der Waals surface area contributed by atoms with E-state index in [4.69, 9.17) is 4.42 Å². The van der Waals surface area contributed by atoms with Gasteiger partial charge in [0.25, 0.3) is 0 Å². The number of pyridine rings is 1. The molecule has 1 aliphatic heterocycles. The second-order valence-electron chi connectivity index (χ2n) is 7.31. The number of aliphatic hydroxyl groups excluding tert-OH is 1. The zero-order valence-corrected chi connectivity index (χ0v) is 16.9. The summed E-state index contributed by atoms with van der Waals surface area (Å²) in [6.07, 6.45) is 4.05. The first kappa shape index (κ1) is 18.7. The quantitative estimate of drug-likeness (QED) is 0.534. The number of anilines is 1. The van der Waals surface area contributed by atoms with Gasteiger partial charge in [-0.25, -0.2) is 23.4 Å². The Kier molecular flexibility index (Phi) is 4.30. The second-order valence-corrected chi connectivity index (χ2v) is 9.32. The van der Waals surface area contributed by atoms with E-state index in [-0.39, 0.29) is 11.0 Å². The lowest BCUT2D eigenvalue weighted by molar-refractivity contribution is 0.141. The molecule has 4 heterocycles. The van der Waals surface area contributed by atoms with Crippen molar-refractivity contribution >= 4 is 26.8 Å². The molecular weight excluding hydrogens is 404 g/mol. The van der Waals surface area contributed by atoms with Crippen LogP contribution in [0.1, 0.15) is 0 Å². The fourth-order valence-electron chi connectivity index (χ4n) is 3.45. The molecule has 0 radical (unpaired) electrons. The summed E-state index contributed by atoms with van der Waals surface area (Å²) in [5.41, 5.74) is 3.42. The zero-order valence-electron chi connectivity index (χ0n) is 16.1. The number of β-amino-alcohol motifs (C(OH)–C–C–N with tert-alkyl or cyclic N) is 1. The third kappa shape index (κ3) is 3.31. The minimum Gasteiger partial charge on any atom is -0.452 e. The van der Waals surface area contributed by atoms with Gasteiger partial charge in [0.1, 0.15) is 29.1 Å². The maximum absolute atomic E-state index is 11.7. The minimum atomic E-state index is -3.26. The third-order valence-electron chi connectivity index (χ3n) is 5.08. The average Bonchev–Trinajstić information content (AvgIpc) is 3.15. The second kappa shape index (κ2) is 6.89. The van der Waals surface area contributed by atoms with E-state index in [0.717, 1.165) is 16.9 Å². The Morgan fingerprint density at radius 3 is 2.50 bits per heavy atom. The molecule has 0 saturated carbocycles. The van der Waals surface area contributed by atoms with Crippen LogP contribution in [0.15, 0.2) is 64.3 Å². The predicted octanol–water partition coefficient (Wildman–Crippen LogP) is 2.54. The lowest BCUT2D eigenvalue weighted by atomic mass is 10.1. The number of nitrogens with zero attached hydrogens (tertiary/aromatic N) is 4. The average molecular weight is 422 g/mol. The molecule has 3 aromatic heterocycles. The molecule has 0 atom stereocenters. The first-order valence-corrected chi connectivity index (χ1v) is 11.2. The van der Waals surface area contributed by atoms with Crippen molar-refractivity contribution in [2.75, 3.05) is 24.2 Å². The monoisotopic (exact) mass is 422 g/mol. The van der Waals surface area contributed by atoms with Crippen LogP contribution in [0.3, 0.4) is 0 Å². The molecule has 1 saturated heterocycles. The topological polar surface area (TPSA) is 109 Å². The van der Waals surface area contributed by atoms with Crippen molar-refractivity contribution in [3.8, 4) is 22.6 Å². The lowest BCUT2D eigenvalue weighted by Crippen LogP contribution is -2.51. The molecule has 152 valence electrons. The van der Waals surface area contributed by atoms with Gasteiger partial charge in [-0.05, 0) is 36.4 Å².